The average molecular weight is 382 g/mol. The quantitative estimate of drug-likeness (QED) is 0.652. The molecular formula is C18H14F4N2O3. The van der Waals surface area contributed by atoms with Gasteiger partial charge in [-0.15, -0.1) is 0 Å². The molecule has 1 unspecified atom stereocenters. The molecule has 1 aliphatic rings. The van der Waals surface area contributed by atoms with Crippen LogP contribution in [0.2, 0.25) is 0 Å². The summed E-state index contributed by atoms with van der Waals surface area (Å²) in [5, 5.41) is 1.77. The molecule has 3 amide bonds. The number of alkyl halides is 3. The smallest absolute Gasteiger partial charge is 0.425 e. The van der Waals surface area contributed by atoms with Gasteiger partial charge in [0, 0.05) is 5.56 Å². The molecule has 1 heterocycles. The number of imide groups is 1. The minimum Gasteiger partial charge on any atom is -0.496 e. The molecule has 1 aliphatic heterocycles. The average Bonchev–Trinajstić information content (AvgIpc) is 2.88. The van der Waals surface area contributed by atoms with Crippen molar-refractivity contribution < 1.29 is 31.9 Å². The normalized spacial score (nSPS) is 20.0. The summed E-state index contributed by atoms with van der Waals surface area (Å²) < 4.78 is 60.2. The number of carbonyl (C=O) groups excluding carboxylic acids is 2. The summed E-state index contributed by atoms with van der Waals surface area (Å²) in [5.41, 5.74) is -3.55. The van der Waals surface area contributed by atoms with Crippen LogP contribution in [-0.4, -0.2) is 30.1 Å². The van der Waals surface area contributed by atoms with Gasteiger partial charge in [-0.2, -0.15) is 13.2 Å². The molecular weight excluding hydrogens is 368 g/mol. The van der Waals surface area contributed by atoms with Gasteiger partial charge in [-0.1, -0.05) is 30.3 Å². The molecule has 5 nitrogen and oxygen atoms in total. The van der Waals surface area contributed by atoms with Crippen molar-refractivity contribution in [3.63, 3.8) is 0 Å². The van der Waals surface area contributed by atoms with E-state index >= 15 is 0 Å². The summed E-state index contributed by atoms with van der Waals surface area (Å²) >= 11 is 0. The van der Waals surface area contributed by atoms with Crippen LogP contribution in [0.5, 0.6) is 5.75 Å². The van der Waals surface area contributed by atoms with Gasteiger partial charge in [-0.3, -0.25) is 9.69 Å². The maximum atomic E-state index is 13.9. The fraction of sp³-hybridized carbons (Fsp3) is 0.222. The van der Waals surface area contributed by atoms with Gasteiger partial charge in [-0.05, 0) is 23.8 Å². The number of nitrogens with one attached hydrogen (secondary N) is 1. The molecule has 0 aromatic heterocycles. The highest BCUT2D eigenvalue weighted by Gasteiger charge is 2.68. The van der Waals surface area contributed by atoms with Crippen LogP contribution in [-0.2, 0) is 16.9 Å². The fourth-order valence-corrected chi connectivity index (χ4v) is 3.00. The van der Waals surface area contributed by atoms with Crippen molar-refractivity contribution in [2.24, 2.45) is 0 Å². The molecule has 2 aromatic rings. The highest BCUT2D eigenvalue weighted by atomic mass is 19.4. The minimum atomic E-state index is -5.08. The number of nitrogens with zero attached hydrogens (tertiary/aromatic N) is 1. The second kappa shape index (κ2) is 6.57. The molecule has 0 aliphatic carbocycles. The first-order valence-corrected chi connectivity index (χ1v) is 7.79. The van der Waals surface area contributed by atoms with Crippen molar-refractivity contribution in [1.82, 2.24) is 10.2 Å². The summed E-state index contributed by atoms with van der Waals surface area (Å²) in [6.07, 6.45) is -5.08. The van der Waals surface area contributed by atoms with Gasteiger partial charge < -0.3 is 10.1 Å². The van der Waals surface area contributed by atoms with Crippen LogP contribution in [0.1, 0.15) is 11.1 Å². The Balaban J connectivity index is 2.05. The molecule has 2 aromatic carbocycles. The SMILES string of the molecule is COc1ccc(F)cc1CN1C(=O)NC(c2ccccc2)(C(F)(F)F)C1=O. The summed E-state index contributed by atoms with van der Waals surface area (Å²) in [5.74, 6) is -2.03. The van der Waals surface area contributed by atoms with E-state index in [0.29, 0.717) is 4.90 Å². The highest BCUT2D eigenvalue weighted by Crippen LogP contribution is 2.44. The van der Waals surface area contributed by atoms with Crippen molar-refractivity contribution >= 4 is 11.9 Å². The minimum absolute atomic E-state index is 0.0621. The van der Waals surface area contributed by atoms with Crippen LogP contribution in [0.4, 0.5) is 22.4 Å². The largest absolute Gasteiger partial charge is 0.496 e. The molecule has 3 rings (SSSR count). The number of hydrogen-bond donors (Lipinski definition) is 1. The number of amides is 3. The second-order valence-electron chi connectivity index (χ2n) is 5.89. The Kier molecular flexibility index (Phi) is 4.54. The predicted molar refractivity (Wildman–Crippen MR) is 86.2 cm³/mol. The number of methoxy groups -OCH3 is 1. The molecule has 0 saturated carbocycles. The van der Waals surface area contributed by atoms with E-state index in [1.807, 2.05) is 0 Å². The first kappa shape index (κ1) is 18.7. The topological polar surface area (TPSA) is 58.6 Å². The van der Waals surface area contributed by atoms with E-state index in [1.54, 1.807) is 5.32 Å². The summed E-state index contributed by atoms with van der Waals surface area (Å²) in [6.45, 7) is -0.573. The predicted octanol–water partition coefficient (Wildman–Crippen LogP) is 3.34. The van der Waals surface area contributed by atoms with E-state index in [0.717, 1.165) is 24.3 Å². The zero-order chi connectivity index (χ0) is 19.8. The van der Waals surface area contributed by atoms with Gasteiger partial charge in [0.25, 0.3) is 5.91 Å². The third-order valence-corrected chi connectivity index (χ3v) is 4.31. The lowest BCUT2D eigenvalue weighted by molar-refractivity contribution is -0.198. The molecule has 0 radical (unpaired) electrons. The van der Waals surface area contributed by atoms with Crippen molar-refractivity contribution in [2.75, 3.05) is 7.11 Å². The van der Waals surface area contributed by atoms with Crippen LogP contribution in [0.15, 0.2) is 48.5 Å². The van der Waals surface area contributed by atoms with Crippen LogP contribution in [0, 0.1) is 5.82 Å². The molecule has 1 atom stereocenters. The number of carbonyl (C=O) groups is 2. The van der Waals surface area contributed by atoms with Gasteiger partial charge in [0.2, 0.25) is 5.54 Å². The number of urea groups is 1. The van der Waals surface area contributed by atoms with E-state index in [2.05, 4.69) is 0 Å². The van der Waals surface area contributed by atoms with Gasteiger partial charge in [0.1, 0.15) is 11.6 Å². The van der Waals surface area contributed by atoms with Gasteiger partial charge in [0.15, 0.2) is 0 Å². The van der Waals surface area contributed by atoms with Gasteiger partial charge in [0.05, 0.1) is 13.7 Å². The zero-order valence-electron chi connectivity index (χ0n) is 14.0. The van der Waals surface area contributed by atoms with Crippen molar-refractivity contribution in [3.8, 4) is 5.75 Å². The monoisotopic (exact) mass is 382 g/mol. The van der Waals surface area contributed by atoms with E-state index < -0.39 is 41.6 Å². The van der Waals surface area contributed by atoms with Crippen LogP contribution >= 0.6 is 0 Å². The molecule has 9 heteroatoms. The van der Waals surface area contributed by atoms with E-state index in [9.17, 15) is 27.2 Å². The number of ether oxygens (including phenoxy) is 1. The van der Waals surface area contributed by atoms with Gasteiger partial charge in [-0.25, -0.2) is 9.18 Å². The Morgan fingerprint density at radius 1 is 1.11 bits per heavy atom. The van der Waals surface area contributed by atoms with Crippen molar-refractivity contribution in [1.29, 1.82) is 0 Å². The number of halogens is 4. The first-order valence-electron chi connectivity index (χ1n) is 7.79. The lowest BCUT2D eigenvalue weighted by Gasteiger charge is -2.29. The molecule has 0 spiro atoms. The number of benzene rings is 2. The Morgan fingerprint density at radius 3 is 2.37 bits per heavy atom. The number of hydrogen-bond acceptors (Lipinski definition) is 3. The van der Waals surface area contributed by atoms with Crippen LogP contribution in [0.3, 0.4) is 0 Å². The van der Waals surface area contributed by atoms with E-state index in [4.69, 9.17) is 4.74 Å². The van der Waals surface area contributed by atoms with E-state index in [1.165, 1.54) is 31.4 Å². The lowest BCUT2D eigenvalue weighted by Crippen LogP contribution is -2.55. The third kappa shape index (κ3) is 2.98. The Hall–Kier alpha value is -3.10. The fourth-order valence-electron chi connectivity index (χ4n) is 3.00. The molecule has 27 heavy (non-hydrogen) atoms. The summed E-state index contributed by atoms with van der Waals surface area (Å²) in [6, 6.07) is 8.50. The molecule has 0 bridgehead atoms. The Labute approximate surface area is 151 Å². The summed E-state index contributed by atoms with van der Waals surface area (Å²) in [7, 11) is 1.28. The first-order chi connectivity index (χ1) is 12.7. The lowest BCUT2D eigenvalue weighted by atomic mass is 9.89. The molecule has 142 valence electrons. The Morgan fingerprint density at radius 2 is 1.78 bits per heavy atom. The Bertz CT molecular complexity index is 886. The highest BCUT2D eigenvalue weighted by molar-refractivity contribution is 6.08. The second-order valence-corrected chi connectivity index (χ2v) is 5.89. The van der Waals surface area contributed by atoms with Gasteiger partial charge >= 0.3 is 12.2 Å². The number of rotatable bonds is 4. The van der Waals surface area contributed by atoms with E-state index in [-0.39, 0.29) is 11.3 Å². The molecule has 1 saturated heterocycles. The maximum absolute atomic E-state index is 13.9. The third-order valence-electron chi connectivity index (χ3n) is 4.31. The van der Waals surface area contributed by atoms with Crippen molar-refractivity contribution in [2.45, 2.75) is 18.3 Å². The van der Waals surface area contributed by atoms with Crippen molar-refractivity contribution in [3.05, 3.63) is 65.5 Å². The van der Waals surface area contributed by atoms with Crippen LogP contribution < -0.4 is 10.1 Å². The summed E-state index contributed by atoms with van der Waals surface area (Å²) in [4.78, 5) is 25.4. The standard InChI is InChI=1S/C18H14F4N2O3/c1-27-14-8-7-13(19)9-11(14)10-24-15(25)17(18(20,21)22,23-16(24)26)12-5-3-2-4-6-12/h2-9H,10H2,1H3,(H,23,26). The maximum Gasteiger partial charge on any atom is 0.425 e. The zero-order valence-corrected chi connectivity index (χ0v) is 14.0. The molecule has 1 fully saturated rings. The van der Waals surface area contributed by atoms with Crippen LogP contribution in [0.25, 0.3) is 0 Å². The molecule has 1 N–H and O–H groups in total.